The number of nitrogens with zero attached hydrogens (tertiary/aromatic N) is 3. The number of aromatic nitrogens is 3. The molecule has 55 heavy (non-hydrogen) atoms. The third-order valence-corrected chi connectivity index (χ3v) is 10.7. The number of hydrogen-bond acceptors (Lipinski definition) is 4. The molecular formula is C51H31N3O. The molecule has 4 heteroatoms. The normalized spacial score (nSPS) is 11.6. The van der Waals surface area contributed by atoms with Crippen LogP contribution in [0, 0.1) is 0 Å². The molecule has 2 heterocycles. The maximum Gasteiger partial charge on any atom is 0.164 e. The van der Waals surface area contributed by atoms with Gasteiger partial charge in [0.15, 0.2) is 17.5 Å². The molecule has 0 unspecified atom stereocenters. The van der Waals surface area contributed by atoms with Crippen LogP contribution in [-0.4, -0.2) is 15.0 Å². The highest BCUT2D eigenvalue weighted by atomic mass is 16.3. The van der Waals surface area contributed by atoms with Gasteiger partial charge in [0.25, 0.3) is 0 Å². The zero-order valence-electron chi connectivity index (χ0n) is 29.6. The average Bonchev–Trinajstić information content (AvgIpc) is 3.64. The molecule has 2 aromatic heterocycles. The van der Waals surface area contributed by atoms with Crippen molar-refractivity contribution in [3.8, 4) is 56.4 Å². The van der Waals surface area contributed by atoms with E-state index in [0.29, 0.717) is 17.5 Å². The minimum atomic E-state index is 0.603. The van der Waals surface area contributed by atoms with Gasteiger partial charge in [-0.1, -0.05) is 158 Å². The average molecular weight is 702 g/mol. The SMILES string of the molecule is c1ccc(-c2cc3c4cc(-c5nc(-c6ccc(-c7cccc8ccccc78)cc6)nc(-c6ccc7ccccc7c6)n5)ccc4oc3c3ccccc23)cc1. The standard InChI is InChI=1S/C51H31N3O/c1-2-12-34(13-3-1)44-31-46-45-30-39(27-28-47(45)55-48(46)43-19-9-8-18-42(43)44)51-53-49(52-50(54-51)38-26-21-32-11-4-5-15-37(32)29-38)36-24-22-35(23-25-36)41-20-10-16-33-14-6-7-17-40(33)41/h1-31H. The summed E-state index contributed by atoms with van der Waals surface area (Å²) in [5.74, 6) is 1.84. The predicted molar refractivity (Wildman–Crippen MR) is 227 cm³/mol. The van der Waals surface area contributed by atoms with E-state index in [1.54, 1.807) is 0 Å². The summed E-state index contributed by atoms with van der Waals surface area (Å²) in [4.78, 5) is 15.4. The Hall–Kier alpha value is -7.43. The first-order chi connectivity index (χ1) is 27.2. The van der Waals surface area contributed by atoms with Crippen molar-refractivity contribution in [3.05, 3.63) is 188 Å². The van der Waals surface area contributed by atoms with Crippen LogP contribution in [0.25, 0.3) is 111 Å². The summed E-state index contributed by atoms with van der Waals surface area (Å²) in [5.41, 5.74) is 9.12. The molecule has 0 radical (unpaired) electrons. The fraction of sp³-hybridized carbons (Fsp3) is 0. The van der Waals surface area contributed by atoms with Gasteiger partial charge in [0.2, 0.25) is 0 Å². The lowest BCUT2D eigenvalue weighted by Gasteiger charge is -2.11. The second kappa shape index (κ2) is 12.6. The van der Waals surface area contributed by atoms with E-state index < -0.39 is 0 Å². The molecule has 0 amide bonds. The maximum absolute atomic E-state index is 6.60. The number of rotatable bonds is 5. The summed E-state index contributed by atoms with van der Waals surface area (Å²) < 4.78 is 6.60. The van der Waals surface area contributed by atoms with Gasteiger partial charge in [-0.25, -0.2) is 15.0 Å². The zero-order valence-corrected chi connectivity index (χ0v) is 29.6. The quantitative estimate of drug-likeness (QED) is 0.179. The van der Waals surface area contributed by atoms with Crippen molar-refractivity contribution < 1.29 is 4.42 Å². The Morgan fingerprint density at radius 3 is 1.65 bits per heavy atom. The molecule has 0 aliphatic rings. The Labute approximate surface area is 317 Å². The van der Waals surface area contributed by atoms with Crippen LogP contribution >= 0.6 is 0 Å². The monoisotopic (exact) mass is 701 g/mol. The van der Waals surface area contributed by atoms with Crippen LogP contribution in [0.15, 0.2) is 192 Å². The second-order valence-corrected chi connectivity index (χ2v) is 14.0. The first-order valence-corrected chi connectivity index (χ1v) is 18.5. The predicted octanol–water partition coefficient (Wildman–Crippen LogP) is 13.6. The first kappa shape index (κ1) is 31.1. The molecule has 256 valence electrons. The fourth-order valence-corrected chi connectivity index (χ4v) is 7.96. The molecule has 0 aliphatic heterocycles. The van der Waals surface area contributed by atoms with Crippen LogP contribution in [0.3, 0.4) is 0 Å². The Bertz CT molecular complexity index is 3250. The van der Waals surface area contributed by atoms with Gasteiger partial charge in [-0.3, -0.25) is 0 Å². The number of furan rings is 1. The van der Waals surface area contributed by atoms with Crippen LogP contribution in [0.5, 0.6) is 0 Å². The van der Waals surface area contributed by atoms with E-state index in [9.17, 15) is 0 Å². The lowest BCUT2D eigenvalue weighted by molar-refractivity contribution is 0.672. The molecule has 0 bridgehead atoms. The van der Waals surface area contributed by atoms with Crippen LogP contribution in [0.1, 0.15) is 0 Å². The Balaban J connectivity index is 1.09. The Morgan fingerprint density at radius 1 is 0.291 bits per heavy atom. The lowest BCUT2D eigenvalue weighted by Crippen LogP contribution is -2.00. The van der Waals surface area contributed by atoms with Crippen molar-refractivity contribution in [3.63, 3.8) is 0 Å². The Kier molecular flexibility index (Phi) is 7.14. The molecule has 11 aromatic rings. The lowest BCUT2D eigenvalue weighted by atomic mass is 9.95. The fourth-order valence-electron chi connectivity index (χ4n) is 7.96. The van der Waals surface area contributed by atoms with E-state index in [2.05, 4.69) is 182 Å². The summed E-state index contributed by atoms with van der Waals surface area (Å²) in [6.45, 7) is 0. The van der Waals surface area contributed by atoms with Crippen LogP contribution in [0.2, 0.25) is 0 Å². The summed E-state index contributed by atoms with van der Waals surface area (Å²) in [6, 6.07) is 65.8. The van der Waals surface area contributed by atoms with E-state index >= 15 is 0 Å². The largest absolute Gasteiger partial charge is 0.455 e. The van der Waals surface area contributed by atoms with Gasteiger partial charge in [-0.15, -0.1) is 0 Å². The number of fused-ring (bicyclic) bond motifs is 7. The van der Waals surface area contributed by atoms with E-state index in [4.69, 9.17) is 19.4 Å². The molecule has 11 rings (SSSR count). The third kappa shape index (κ3) is 5.34. The summed E-state index contributed by atoms with van der Waals surface area (Å²) in [7, 11) is 0. The minimum absolute atomic E-state index is 0.603. The highest BCUT2D eigenvalue weighted by Gasteiger charge is 2.18. The van der Waals surface area contributed by atoms with Gasteiger partial charge >= 0.3 is 0 Å². The maximum atomic E-state index is 6.60. The van der Waals surface area contributed by atoms with Crippen molar-refractivity contribution in [1.82, 2.24) is 15.0 Å². The summed E-state index contributed by atoms with van der Waals surface area (Å²) >= 11 is 0. The topological polar surface area (TPSA) is 51.8 Å². The minimum Gasteiger partial charge on any atom is -0.455 e. The molecule has 0 saturated heterocycles. The molecular weight excluding hydrogens is 671 g/mol. The summed E-state index contributed by atoms with van der Waals surface area (Å²) in [5, 5.41) is 9.08. The Morgan fingerprint density at radius 2 is 0.855 bits per heavy atom. The van der Waals surface area contributed by atoms with Crippen LogP contribution in [0.4, 0.5) is 0 Å². The van der Waals surface area contributed by atoms with Gasteiger partial charge in [0.05, 0.1) is 0 Å². The molecule has 0 N–H and O–H groups in total. The molecule has 4 nitrogen and oxygen atoms in total. The van der Waals surface area contributed by atoms with E-state index in [1.807, 2.05) is 6.07 Å². The van der Waals surface area contributed by atoms with Crippen molar-refractivity contribution in [1.29, 1.82) is 0 Å². The van der Waals surface area contributed by atoms with Gasteiger partial charge in [0.1, 0.15) is 11.2 Å². The van der Waals surface area contributed by atoms with Crippen molar-refractivity contribution in [2.24, 2.45) is 0 Å². The van der Waals surface area contributed by atoms with Gasteiger partial charge in [-0.05, 0) is 79.5 Å². The van der Waals surface area contributed by atoms with E-state index in [-0.39, 0.29) is 0 Å². The zero-order chi connectivity index (χ0) is 36.3. The van der Waals surface area contributed by atoms with Gasteiger partial charge in [-0.2, -0.15) is 0 Å². The van der Waals surface area contributed by atoms with Gasteiger partial charge in [0, 0.05) is 32.8 Å². The molecule has 0 fully saturated rings. The molecule has 0 aliphatic carbocycles. The van der Waals surface area contributed by atoms with E-state index in [1.165, 1.54) is 32.8 Å². The van der Waals surface area contributed by atoms with Crippen LogP contribution in [-0.2, 0) is 0 Å². The number of hydrogen-bond donors (Lipinski definition) is 0. The molecule has 0 atom stereocenters. The second-order valence-electron chi connectivity index (χ2n) is 14.0. The molecule has 0 saturated carbocycles. The van der Waals surface area contributed by atoms with Crippen molar-refractivity contribution in [2.75, 3.05) is 0 Å². The first-order valence-electron chi connectivity index (χ1n) is 18.5. The highest BCUT2D eigenvalue weighted by molar-refractivity contribution is 6.19. The number of benzene rings is 9. The van der Waals surface area contributed by atoms with Gasteiger partial charge < -0.3 is 4.42 Å². The van der Waals surface area contributed by atoms with E-state index in [0.717, 1.165) is 60.4 Å². The highest BCUT2D eigenvalue weighted by Crippen LogP contribution is 2.41. The molecule has 9 aromatic carbocycles. The summed E-state index contributed by atoms with van der Waals surface area (Å²) in [6.07, 6.45) is 0. The van der Waals surface area contributed by atoms with Crippen molar-refractivity contribution in [2.45, 2.75) is 0 Å². The van der Waals surface area contributed by atoms with Crippen LogP contribution < -0.4 is 0 Å². The molecule has 0 spiro atoms. The third-order valence-electron chi connectivity index (χ3n) is 10.7. The smallest absolute Gasteiger partial charge is 0.164 e. The van der Waals surface area contributed by atoms with Crippen molar-refractivity contribution >= 4 is 54.3 Å².